The van der Waals surface area contributed by atoms with Crippen molar-refractivity contribution in [2.75, 3.05) is 14.2 Å². The number of benzene rings is 2. The lowest BCUT2D eigenvalue weighted by Gasteiger charge is -2.18. The zero-order valence-corrected chi connectivity index (χ0v) is 14.0. The van der Waals surface area contributed by atoms with E-state index in [2.05, 4.69) is 9.97 Å². The maximum Gasteiger partial charge on any atom is 0.222 e. The third kappa shape index (κ3) is 2.82. The molecule has 0 atom stereocenters. The molecule has 0 amide bonds. The second-order valence-corrected chi connectivity index (χ2v) is 5.59. The molecule has 0 unspecified atom stereocenters. The molecule has 0 spiro atoms. The largest absolute Gasteiger partial charge is 0.496 e. The van der Waals surface area contributed by atoms with E-state index >= 15 is 0 Å². The highest BCUT2D eigenvalue weighted by Crippen LogP contribution is 2.41. The summed E-state index contributed by atoms with van der Waals surface area (Å²) in [7, 11) is 3.38. The van der Waals surface area contributed by atoms with Gasteiger partial charge in [0.15, 0.2) is 0 Å². The van der Waals surface area contributed by atoms with Crippen molar-refractivity contribution in [3.05, 3.63) is 58.6 Å². The lowest BCUT2D eigenvalue weighted by Crippen LogP contribution is -2.02. The Hall–Kier alpha value is -2.33. The SMILES string of the molecule is COc1c(C)c(Cc2cnc(Cl)nc2)c(OC)c2ccccc12. The highest BCUT2D eigenvalue weighted by Gasteiger charge is 2.18. The van der Waals surface area contributed by atoms with Gasteiger partial charge in [0.1, 0.15) is 11.5 Å². The third-order valence-electron chi connectivity index (χ3n) is 3.95. The van der Waals surface area contributed by atoms with Gasteiger partial charge in [0.25, 0.3) is 0 Å². The minimum atomic E-state index is 0.244. The maximum atomic E-state index is 5.76. The molecule has 0 saturated carbocycles. The summed E-state index contributed by atoms with van der Waals surface area (Å²) < 4.78 is 11.4. The van der Waals surface area contributed by atoms with Gasteiger partial charge >= 0.3 is 0 Å². The quantitative estimate of drug-likeness (QED) is 0.673. The molecule has 0 radical (unpaired) electrons. The van der Waals surface area contributed by atoms with E-state index in [9.17, 15) is 0 Å². The molecule has 3 aromatic rings. The second kappa shape index (κ2) is 6.42. The summed E-state index contributed by atoms with van der Waals surface area (Å²) in [5.41, 5.74) is 3.08. The summed E-state index contributed by atoms with van der Waals surface area (Å²) in [6, 6.07) is 8.07. The van der Waals surface area contributed by atoms with E-state index in [0.717, 1.165) is 39.0 Å². The van der Waals surface area contributed by atoms with Crippen LogP contribution in [0.2, 0.25) is 5.28 Å². The molecule has 4 nitrogen and oxygen atoms in total. The molecule has 0 fully saturated rings. The van der Waals surface area contributed by atoms with Crippen LogP contribution in [-0.2, 0) is 6.42 Å². The van der Waals surface area contributed by atoms with Crippen molar-refractivity contribution in [2.24, 2.45) is 0 Å². The molecule has 2 aromatic carbocycles. The molecular weight excluding hydrogens is 312 g/mol. The molecule has 0 aliphatic heterocycles. The van der Waals surface area contributed by atoms with Crippen molar-refractivity contribution in [1.29, 1.82) is 0 Å². The number of rotatable bonds is 4. The number of fused-ring (bicyclic) bond motifs is 1. The second-order valence-electron chi connectivity index (χ2n) is 5.25. The Morgan fingerprint density at radius 1 is 0.957 bits per heavy atom. The highest BCUT2D eigenvalue weighted by atomic mass is 35.5. The maximum absolute atomic E-state index is 5.76. The van der Waals surface area contributed by atoms with E-state index in [4.69, 9.17) is 21.1 Å². The van der Waals surface area contributed by atoms with E-state index in [1.807, 2.05) is 31.2 Å². The summed E-state index contributed by atoms with van der Waals surface area (Å²) >= 11 is 5.76. The van der Waals surface area contributed by atoms with Gasteiger partial charge in [0.05, 0.1) is 14.2 Å². The number of hydrogen-bond acceptors (Lipinski definition) is 4. The standard InChI is InChI=1S/C18H17ClN2O2/c1-11-15(8-12-9-20-18(19)21-10-12)17(23-3)14-7-5-4-6-13(14)16(11)22-2/h4-7,9-10H,8H2,1-3H3. The first-order valence-electron chi connectivity index (χ1n) is 7.24. The number of halogens is 1. The predicted octanol–water partition coefficient (Wildman–Crippen LogP) is 4.20. The van der Waals surface area contributed by atoms with Crippen molar-refractivity contribution in [1.82, 2.24) is 9.97 Å². The lowest BCUT2D eigenvalue weighted by atomic mass is 9.95. The van der Waals surface area contributed by atoms with Gasteiger partial charge < -0.3 is 9.47 Å². The van der Waals surface area contributed by atoms with E-state index < -0.39 is 0 Å². The van der Waals surface area contributed by atoms with E-state index in [1.54, 1.807) is 26.6 Å². The first-order chi connectivity index (χ1) is 11.2. The molecule has 1 aromatic heterocycles. The fraction of sp³-hybridized carbons (Fsp3) is 0.222. The van der Waals surface area contributed by atoms with Gasteiger partial charge in [-0.1, -0.05) is 24.3 Å². The molecule has 1 heterocycles. The van der Waals surface area contributed by atoms with Crippen LogP contribution in [0.25, 0.3) is 10.8 Å². The fourth-order valence-corrected chi connectivity index (χ4v) is 2.99. The zero-order chi connectivity index (χ0) is 16.4. The Kier molecular flexibility index (Phi) is 4.35. The molecule has 5 heteroatoms. The molecule has 23 heavy (non-hydrogen) atoms. The molecule has 0 saturated heterocycles. The molecule has 0 bridgehead atoms. The zero-order valence-electron chi connectivity index (χ0n) is 13.3. The summed E-state index contributed by atoms with van der Waals surface area (Å²) in [4.78, 5) is 8.10. The first-order valence-corrected chi connectivity index (χ1v) is 7.62. The van der Waals surface area contributed by atoms with Crippen LogP contribution in [0.5, 0.6) is 11.5 Å². The Labute approximate surface area is 140 Å². The van der Waals surface area contributed by atoms with Crippen molar-refractivity contribution >= 4 is 22.4 Å². The number of aromatic nitrogens is 2. The van der Waals surface area contributed by atoms with E-state index in [1.165, 1.54) is 0 Å². The molecule has 0 N–H and O–H groups in total. The normalized spacial score (nSPS) is 10.8. The Bertz CT molecular complexity index is 848. The molecule has 0 aliphatic rings. The Morgan fingerprint density at radius 3 is 2.09 bits per heavy atom. The van der Waals surface area contributed by atoms with Gasteiger partial charge in [-0.25, -0.2) is 9.97 Å². The van der Waals surface area contributed by atoms with Crippen LogP contribution in [0.4, 0.5) is 0 Å². The topological polar surface area (TPSA) is 44.2 Å². The minimum Gasteiger partial charge on any atom is -0.496 e. The summed E-state index contributed by atoms with van der Waals surface area (Å²) in [6.45, 7) is 2.04. The molecule has 0 aliphatic carbocycles. The van der Waals surface area contributed by atoms with Crippen LogP contribution in [0.3, 0.4) is 0 Å². The predicted molar refractivity (Wildman–Crippen MR) is 91.6 cm³/mol. The van der Waals surface area contributed by atoms with Gasteiger partial charge in [0, 0.05) is 35.2 Å². The first kappa shape index (κ1) is 15.6. The van der Waals surface area contributed by atoms with Crippen molar-refractivity contribution in [3.63, 3.8) is 0 Å². The van der Waals surface area contributed by atoms with E-state index in [0.29, 0.717) is 6.42 Å². The van der Waals surface area contributed by atoms with Crippen molar-refractivity contribution in [2.45, 2.75) is 13.3 Å². The third-order valence-corrected chi connectivity index (χ3v) is 4.14. The van der Waals surface area contributed by atoms with Crippen LogP contribution in [0, 0.1) is 6.92 Å². The smallest absolute Gasteiger partial charge is 0.222 e. The Balaban J connectivity index is 2.22. The minimum absolute atomic E-state index is 0.244. The van der Waals surface area contributed by atoms with Gasteiger partial charge in [-0.05, 0) is 29.7 Å². The summed E-state index contributed by atoms with van der Waals surface area (Å²) in [5, 5.41) is 2.32. The van der Waals surface area contributed by atoms with Crippen molar-refractivity contribution in [3.8, 4) is 11.5 Å². The average molecular weight is 329 g/mol. The fourth-order valence-electron chi connectivity index (χ4n) is 2.89. The number of ether oxygens (including phenoxy) is 2. The summed E-state index contributed by atoms with van der Waals surface area (Å²) in [5.74, 6) is 1.72. The van der Waals surface area contributed by atoms with Crippen LogP contribution in [0.1, 0.15) is 16.7 Å². The molecule has 118 valence electrons. The average Bonchev–Trinajstić information content (AvgIpc) is 2.57. The Morgan fingerprint density at radius 2 is 1.52 bits per heavy atom. The highest BCUT2D eigenvalue weighted by molar-refractivity contribution is 6.28. The number of hydrogen-bond donors (Lipinski definition) is 0. The number of methoxy groups -OCH3 is 2. The van der Waals surface area contributed by atoms with Gasteiger partial charge in [-0.3, -0.25) is 0 Å². The van der Waals surface area contributed by atoms with Crippen LogP contribution in [-0.4, -0.2) is 24.2 Å². The van der Waals surface area contributed by atoms with Crippen LogP contribution < -0.4 is 9.47 Å². The van der Waals surface area contributed by atoms with Gasteiger partial charge in [-0.15, -0.1) is 0 Å². The van der Waals surface area contributed by atoms with E-state index in [-0.39, 0.29) is 5.28 Å². The molecular formula is C18H17ClN2O2. The lowest BCUT2D eigenvalue weighted by molar-refractivity contribution is 0.404. The monoisotopic (exact) mass is 328 g/mol. The van der Waals surface area contributed by atoms with Crippen LogP contribution >= 0.6 is 11.6 Å². The van der Waals surface area contributed by atoms with Crippen LogP contribution in [0.15, 0.2) is 36.7 Å². The molecule has 3 rings (SSSR count). The van der Waals surface area contributed by atoms with Gasteiger partial charge in [0.2, 0.25) is 5.28 Å². The van der Waals surface area contributed by atoms with Crippen molar-refractivity contribution < 1.29 is 9.47 Å². The summed E-state index contributed by atoms with van der Waals surface area (Å²) in [6.07, 6.45) is 4.11. The number of nitrogens with zero attached hydrogens (tertiary/aromatic N) is 2. The van der Waals surface area contributed by atoms with Gasteiger partial charge in [-0.2, -0.15) is 0 Å².